The monoisotopic (exact) mass is 314 g/mol. The Morgan fingerprint density at radius 2 is 2.05 bits per heavy atom. The number of nitrogens with two attached hydrogens (primary N) is 1. The molecule has 2 N–H and O–H groups in total. The lowest BCUT2D eigenvalue weighted by Crippen LogP contribution is -2.45. The third-order valence-electron chi connectivity index (χ3n) is 3.81. The van der Waals surface area contributed by atoms with Gasteiger partial charge >= 0.3 is 0 Å². The van der Waals surface area contributed by atoms with Crippen molar-refractivity contribution in [2.75, 3.05) is 13.1 Å². The van der Waals surface area contributed by atoms with Crippen molar-refractivity contribution in [1.29, 1.82) is 0 Å². The minimum Gasteiger partial charge on any atom is -0.342 e. The van der Waals surface area contributed by atoms with E-state index < -0.39 is 0 Å². The first-order valence-electron chi connectivity index (χ1n) is 6.95. The van der Waals surface area contributed by atoms with E-state index in [4.69, 9.17) is 28.9 Å². The number of benzene rings is 1. The lowest BCUT2D eigenvalue weighted by atomic mass is 9.98. The van der Waals surface area contributed by atoms with Gasteiger partial charge in [0, 0.05) is 35.1 Å². The van der Waals surface area contributed by atoms with Gasteiger partial charge in [-0.2, -0.15) is 0 Å². The van der Waals surface area contributed by atoms with E-state index in [2.05, 4.69) is 0 Å². The number of carbonyl (C=O) groups is 1. The molecule has 0 aliphatic carbocycles. The van der Waals surface area contributed by atoms with Crippen LogP contribution in [-0.4, -0.2) is 29.9 Å². The number of amides is 1. The molecular weight excluding hydrogens is 295 g/mol. The normalized spacial score (nSPS) is 18.1. The largest absolute Gasteiger partial charge is 0.342 e. The molecule has 0 radical (unpaired) electrons. The van der Waals surface area contributed by atoms with Gasteiger partial charge in [0.15, 0.2) is 0 Å². The summed E-state index contributed by atoms with van der Waals surface area (Å²) in [6.07, 6.45) is 2.41. The Kier molecular flexibility index (Phi) is 5.30. The molecule has 1 aromatic rings. The van der Waals surface area contributed by atoms with E-state index in [-0.39, 0.29) is 17.9 Å². The molecule has 0 spiro atoms. The highest BCUT2D eigenvalue weighted by atomic mass is 35.5. The number of piperidine rings is 1. The molecule has 0 aromatic heterocycles. The molecule has 1 fully saturated rings. The molecule has 2 rings (SSSR count). The fourth-order valence-electron chi connectivity index (χ4n) is 2.54. The Balaban J connectivity index is 1.97. The van der Waals surface area contributed by atoms with Gasteiger partial charge in [0.25, 0.3) is 0 Å². The van der Waals surface area contributed by atoms with Crippen molar-refractivity contribution in [2.45, 2.75) is 32.2 Å². The highest BCUT2D eigenvalue weighted by molar-refractivity contribution is 6.35. The summed E-state index contributed by atoms with van der Waals surface area (Å²) in [5.74, 6) is 0.103. The Morgan fingerprint density at radius 3 is 2.65 bits per heavy atom. The molecule has 1 atom stereocenters. The first-order chi connectivity index (χ1) is 9.47. The summed E-state index contributed by atoms with van der Waals surface area (Å²) in [6, 6.07) is 5.65. The number of nitrogens with zero attached hydrogens (tertiary/aromatic N) is 1. The van der Waals surface area contributed by atoms with E-state index in [9.17, 15) is 4.79 Å². The molecule has 1 amide bonds. The summed E-state index contributed by atoms with van der Waals surface area (Å²) in [5.41, 5.74) is 6.83. The summed E-state index contributed by atoms with van der Waals surface area (Å²) in [6.45, 7) is 3.47. The summed E-state index contributed by atoms with van der Waals surface area (Å²) in [4.78, 5) is 14.3. The van der Waals surface area contributed by atoms with Crippen LogP contribution in [0.3, 0.4) is 0 Å². The second kappa shape index (κ2) is 6.79. The lowest BCUT2D eigenvalue weighted by Gasteiger charge is -2.32. The summed E-state index contributed by atoms with van der Waals surface area (Å²) < 4.78 is 0. The number of halogens is 2. The van der Waals surface area contributed by atoms with Crippen LogP contribution < -0.4 is 5.73 Å². The number of likely N-dealkylation sites (tertiary alicyclic amines) is 1. The number of hydrogen-bond donors (Lipinski definition) is 1. The van der Waals surface area contributed by atoms with Crippen molar-refractivity contribution < 1.29 is 4.79 Å². The standard InChI is InChI=1S/C15H20Cl2N2O/c1-10(8-11-2-3-12(16)9-14(11)17)15(20)19-6-4-13(18)5-7-19/h2-3,9-10,13H,4-8,18H2,1H3. The van der Waals surface area contributed by atoms with Gasteiger partial charge in [0.05, 0.1) is 0 Å². The van der Waals surface area contributed by atoms with Crippen molar-refractivity contribution >= 4 is 29.1 Å². The van der Waals surface area contributed by atoms with Crippen molar-refractivity contribution in [3.63, 3.8) is 0 Å². The average molecular weight is 315 g/mol. The summed E-state index contributed by atoms with van der Waals surface area (Å²) in [5, 5.41) is 1.24. The molecule has 1 aromatic carbocycles. The van der Waals surface area contributed by atoms with Crippen molar-refractivity contribution in [2.24, 2.45) is 11.7 Å². The molecule has 0 saturated carbocycles. The maximum atomic E-state index is 12.4. The molecule has 0 bridgehead atoms. The van der Waals surface area contributed by atoms with Crippen LogP contribution in [-0.2, 0) is 11.2 Å². The number of rotatable bonds is 3. The Hall–Kier alpha value is -0.770. The van der Waals surface area contributed by atoms with E-state index in [1.54, 1.807) is 12.1 Å². The van der Waals surface area contributed by atoms with Crippen molar-refractivity contribution in [3.05, 3.63) is 33.8 Å². The first-order valence-corrected chi connectivity index (χ1v) is 7.71. The van der Waals surface area contributed by atoms with E-state index in [0.29, 0.717) is 16.5 Å². The van der Waals surface area contributed by atoms with E-state index in [1.165, 1.54) is 0 Å². The number of hydrogen-bond acceptors (Lipinski definition) is 2. The molecule has 5 heteroatoms. The van der Waals surface area contributed by atoms with Gasteiger partial charge in [-0.05, 0) is 37.0 Å². The predicted molar refractivity (Wildman–Crippen MR) is 83.1 cm³/mol. The van der Waals surface area contributed by atoms with Crippen LogP contribution >= 0.6 is 23.2 Å². The Bertz CT molecular complexity index is 485. The summed E-state index contributed by atoms with van der Waals surface area (Å²) >= 11 is 12.0. The smallest absolute Gasteiger partial charge is 0.225 e. The minimum atomic E-state index is -0.0806. The topological polar surface area (TPSA) is 46.3 Å². The van der Waals surface area contributed by atoms with Gasteiger partial charge in [0.1, 0.15) is 0 Å². The fraction of sp³-hybridized carbons (Fsp3) is 0.533. The zero-order valence-electron chi connectivity index (χ0n) is 11.6. The van der Waals surface area contributed by atoms with Gasteiger partial charge in [-0.15, -0.1) is 0 Å². The number of carbonyl (C=O) groups excluding carboxylic acids is 1. The predicted octanol–water partition coefficient (Wildman–Crippen LogP) is 3.12. The SMILES string of the molecule is CC(Cc1ccc(Cl)cc1Cl)C(=O)N1CCC(N)CC1. The van der Waals surface area contributed by atoms with Gasteiger partial charge < -0.3 is 10.6 Å². The molecule has 1 aliphatic heterocycles. The van der Waals surface area contributed by atoms with Gasteiger partial charge in [-0.1, -0.05) is 36.2 Å². The Labute approximate surface area is 130 Å². The molecule has 110 valence electrons. The van der Waals surface area contributed by atoms with Crippen LogP contribution in [0.15, 0.2) is 18.2 Å². The van der Waals surface area contributed by atoms with E-state index in [0.717, 1.165) is 31.5 Å². The Morgan fingerprint density at radius 1 is 1.40 bits per heavy atom. The summed E-state index contributed by atoms with van der Waals surface area (Å²) in [7, 11) is 0. The zero-order chi connectivity index (χ0) is 14.7. The van der Waals surface area contributed by atoms with Crippen molar-refractivity contribution in [1.82, 2.24) is 4.90 Å². The van der Waals surface area contributed by atoms with Crippen LogP contribution in [0, 0.1) is 5.92 Å². The highest BCUT2D eigenvalue weighted by Gasteiger charge is 2.25. The van der Waals surface area contributed by atoms with Gasteiger partial charge in [-0.3, -0.25) is 4.79 Å². The van der Waals surface area contributed by atoms with E-state index in [1.807, 2.05) is 17.9 Å². The van der Waals surface area contributed by atoms with Crippen LogP contribution in [0.4, 0.5) is 0 Å². The molecule has 1 heterocycles. The van der Waals surface area contributed by atoms with Crippen LogP contribution in [0.1, 0.15) is 25.3 Å². The second-order valence-corrected chi connectivity index (χ2v) is 6.35. The second-order valence-electron chi connectivity index (χ2n) is 5.50. The third kappa shape index (κ3) is 3.87. The van der Waals surface area contributed by atoms with Gasteiger partial charge in [0.2, 0.25) is 5.91 Å². The maximum absolute atomic E-state index is 12.4. The lowest BCUT2D eigenvalue weighted by molar-refractivity contribution is -0.136. The third-order valence-corrected chi connectivity index (χ3v) is 4.40. The van der Waals surface area contributed by atoms with Crippen LogP contribution in [0.2, 0.25) is 10.0 Å². The maximum Gasteiger partial charge on any atom is 0.225 e. The first kappa shape index (κ1) is 15.6. The van der Waals surface area contributed by atoms with Crippen molar-refractivity contribution in [3.8, 4) is 0 Å². The van der Waals surface area contributed by atoms with Crippen LogP contribution in [0.5, 0.6) is 0 Å². The fourth-order valence-corrected chi connectivity index (χ4v) is 3.02. The van der Waals surface area contributed by atoms with E-state index >= 15 is 0 Å². The molecule has 20 heavy (non-hydrogen) atoms. The molecule has 1 saturated heterocycles. The minimum absolute atomic E-state index is 0.0806. The van der Waals surface area contributed by atoms with Gasteiger partial charge in [-0.25, -0.2) is 0 Å². The average Bonchev–Trinajstić information content (AvgIpc) is 2.42. The zero-order valence-corrected chi connectivity index (χ0v) is 13.1. The molecule has 1 unspecified atom stereocenters. The van der Waals surface area contributed by atoms with Crippen LogP contribution in [0.25, 0.3) is 0 Å². The highest BCUT2D eigenvalue weighted by Crippen LogP contribution is 2.24. The molecule has 3 nitrogen and oxygen atoms in total. The molecule has 1 aliphatic rings. The quantitative estimate of drug-likeness (QED) is 0.931. The molecular formula is C15H20Cl2N2O.